The number of hydrogen-bond acceptors (Lipinski definition) is 5. The second-order valence-corrected chi connectivity index (χ2v) is 6.13. The van der Waals surface area contributed by atoms with E-state index in [1.165, 1.54) is 25.3 Å². The quantitative estimate of drug-likeness (QED) is 0.368. The summed E-state index contributed by atoms with van der Waals surface area (Å²) in [6.07, 6.45) is 4.90. The zero-order valence-electron chi connectivity index (χ0n) is 12.3. The van der Waals surface area contributed by atoms with E-state index in [-0.39, 0.29) is 52.6 Å². The van der Waals surface area contributed by atoms with Crippen LogP contribution >= 0.6 is 0 Å². The number of nitrogens with zero attached hydrogens (tertiary/aromatic N) is 2. The number of fused-ring (bicyclic) bond motifs is 5. The van der Waals surface area contributed by atoms with E-state index in [1.54, 1.807) is 0 Å². The minimum absolute atomic E-state index is 0.121. The molecule has 4 atom stereocenters. The van der Waals surface area contributed by atoms with Gasteiger partial charge in [0.2, 0.25) is 11.8 Å². The molecule has 0 N–H and O–H groups in total. The number of allylic oxidation sites excluding steroid dienone is 2. The average molecular weight is 314 g/mol. The van der Waals surface area contributed by atoms with E-state index in [4.69, 9.17) is 4.74 Å². The summed E-state index contributed by atoms with van der Waals surface area (Å²) in [6.45, 7) is 0. The standard InChI is InChI=1S/C16H14N2O5/c1-23-12-7-10(18(21)22)4-5-11(12)17-15(19)13-8-2-3-9(6-8)14(13)16(17)20/h2-5,7-9,13-14H,6H2,1H3/t8-,9-,13-,14-/m0/s1. The number of nitro groups is 1. The highest BCUT2D eigenvalue weighted by atomic mass is 16.6. The Balaban J connectivity index is 1.76. The van der Waals surface area contributed by atoms with Gasteiger partial charge in [-0.1, -0.05) is 12.2 Å². The maximum absolute atomic E-state index is 12.8. The van der Waals surface area contributed by atoms with Gasteiger partial charge in [0.15, 0.2) is 0 Å². The molecule has 4 rings (SSSR count). The van der Waals surface area contributed by atoms with Crippen molar-refractivity contribution in [1.29, 1.82) is 0 Å². The maximum Gasteiger partial charge on any atom is 0.273 e. The molecule has 118 valence electrons. The SMILES string of the molecule is COc1cc([N+](=O)[O-])ccc1N1C(=O)[C@@H]2[C@@H](C1=O)[C@H]1C=C[C@H]2C1. The number of hydrogen-bond donors (Lipinski definition) is 0. The third kappa shape index (κ3) is 1.76. The molecule has 0 unspecified atom stereocenters. The molecule has 2 fully saturated rings. The second kappa shape index (κ2) is 4.65. The van der Waals surface area contributed by atoms with Crippen LogP contribution in [0, 0.1) is 33.8 Å². The Bertz CT molecular complexity index is 742. The lowest BCUT2D eigenvalue weighted by atomic mass is 9.85. The largest absolute Gasteiger partial charge is 0.494 e. The number of benzene rings is 1. The van der Waals surface area contributed by atoms with E-state index in [0.29, 0.717) is 0 Å². The molecule has 0 radical (unpaired) electrons. The van der Waals surface area contributed by atoms with Crippen molar-refractivity contribution in [2.45, 2.75) is 6.42 Å². The Kier molecular flexibility index (Phi) is 2.81. The van der Waals surface area contributed by atoms with E-state index in [9.17, 15) is 19.7 Å². The Hall–Kier alpha value is -2.70. The third-order valence-electron chi connectivity index (χ3n) is 5.09. The first kappa shape index (κ1) is 13.9. The molecule has 1 aromatic rings. The minimum Gasteiger partial charge on any atom is -0.494 e. The van der Waals surface area contributed by atoms with Gasteiger partial charge in [0.05, 0.1) is 35.6 Å². The van der Waals surface area contributed by atoms with E-state index in [2.05, 4.69) is 0 Å². The van der Waals surface area contributed by atoms with Crippen LogP contribution < -0.4 is 9.64 Å². The minimum atomic E-state index is -0.543. The number of anilines is 1. The van der Waals surface area contributed by atoms with Gasteiger partial charge < -0.3 is 4.74 Å². The lowest BCUT2D eigenvalue weighted by molar-refractivity contribution is -0.384. The molecule has 2 aliphatic carbocycles. The van der Waals surface area contributed by atoms with Crippen LogP contribution in [0.2, 0.25) is 0 Å². The number of methoxy groups -OCH3 is 1. The number of amides is 2. The molecule has 1 saturated heterocycles. The molecular formula is C16H14N2O5. The Morgan fingerprint density at radius 2 is 1.78 bits per heavy atom. The summed E-state index contributed by atoms with van der Waals surface area (Å²) in [5, 5.41) is 10.9. The molecule has 7 heteroatoms. The fraction of sp³-hybridized carbons (Fsp3) is 0.375. The number of carbonyl (C=O) groups excluding carboxylic acids is 2. The number of nitro benzene ring substituents is 1. The third-order valence-corrected chi connectivity index (χ3v) is 5.09. The second-order valence-electron chi connectivity index (χ2n) is 6.13. The molecular weight excluding hydrogens is 300 g/mol. The van der Waals surface area contributed by atoms with Crippen LogP contribution in [-0.4, -0.2) is 23.8 Å². The number of ether oxygens (including phenoxy) is 1. The van der Waals surface area contributed by atoms with E-state index < -0.39 is 4.92 Å². The lowest BCUT2D eigenvalue weighted by Crippen LogP contribution is -2.33. The Morgan fingerprint density at radius 3 is 2.30 bits per heavy atom. The first-order chi connectivity index (χ1) is 11.0. The summed E-state index contributed by atoms with van der Waals surface area (Å²) in [7, 11) is 1.36. The highest BCUT2D eigenvalue weighted by Crippen LogP contribution is 2.54. The van der Waals surface area contributed by atoms with Gasteiger partial charge in [-0.15, -0.1) is 0 Å². The van der Waals surface area contributed by atoms with E-state index >= 15 is 0 Å². The highest BCUT2D eigenvalue weighted by Gasteiger charge is 2.59. The Labute approximate surface area is 131 Å². The van der Waals surface area contributed by atoms with Crippen LogP contribution in [0.1, 0.15) is 6.42 Å². The summed E-state index contributed by atoms with van der Waals surface area (Å²) < 4.78 is 5.17. The van der Waals surface area contributed by atoms with Crippen molar-refractivity contribution in [3.63, 3.8) is 0 Å². The van der Waals surface area contributed by atoms with Gasteiger partial charge in [0, 0.05) is 6.07 Å². The van der Waals surface area contributed by atoms with Crippen molar-refractivity contribution < 1.29 is 19.2 Å². The topological polar surface area (TPSA) is 89.8 Å². The van der Waals surface area contributed by atoms with Gasteiger partial charge in [-0.3, -0.25) is 19.7 Å². The molecule has 7 nitrogen and oxygen atoms in total. The van der Waals surface area contributed by atoms with Gasteiger partial charge in [-0.2, -0.15) is 0 Å². The summed E-state index contributed by atoms with van der Waals surface area (Å²) in [5.74, 6) is -0.685. The van der Waals surface area contributed by atoms with Crippen molar-refractivity contribution in [3.8, 4) is 5.75 Å². The first-order valence-electron chi connectivity index (χ1n) is 7.41. The molecule has 3 aliphatic rings. The molecule has 1 aliphatic heterocycles. The van der Waals surface area contributed by atoms with Gasteiger partial charge in [0.25, 0.3) is 5.69 Å². The number of non-ortho nitro benzene ring substituents is 1. The van der Waals surface area contributed by atoms with Crippen molar-refractivity contribution >= 4 is 23.2 Å². The summed E-state index contributed by atoms with van der Waals surface area (Å²) in [4.78, 5) is 37.0. The van der Waals surface area contributed by atoms with Crippen molar-refractivity contribution in [2.24, 2.45) is 23.7 Å². The predicted octanol–water partition coefficient (Wildman–Crippen LogP) is 1.91. The van der Waals surface area contributed by atoms with Crippen LogP contribution in [0.25, 0.3) is 0 Å². The fourth-order valence-electron chi connectivity index (χ4n) is 4.10. The zero-order chi connectivity index (χ0) is 16.3. The van der Waals surface area contributed by atoms with E-state index in [1.807, 2.05) is 12.2 Å². The summed E-state index contributed by atoms with van der Waals surface area (Å²) >= 11 is 0. The molecule has 0 spiro atoms. The fourth-order valence-corrected chi connectivity index (χ4v) is 4.10. The molecule has 1 aromatic carbocycles. The van der Waals surface area contributed by atoms with Gasteiger partial charge >= 0.3 is 0 Å². The van der Waals surface area contributed by atoms with Gasteiger partial charge in [-0.05, 0) is 24.3 Å². The normalized spacial score (nSPS) is 30.9. The van der Waals surface area contributed by atoms with Gasteiger partial charge in [0.1, 0.15) is 5.75 Å². The van der Waals surface area contributed by atoms with Crippen molar-refractivity contribution in [3.05, 3.63) is 40.5 Å². The number of rotatable bonds is 3. The highest BCUT2D eigenvalue weighted by molar-refractivity contribution is 6.23. The van der Waals surface area contributed by atoms with Crippen LogP contribution in [0.5, 0.6) is 5.75 Å². The summed E-state index contributed by atoms with van der Waals surface area (Å²) in [5.41, 5.74) is 0.133. The monoisotopic (exact) mass is 314 g/mol. The molecule has 1 saturated carbocycles. The van der Waals surface area contributed by atoms with Crippen LogP contribution in [0.3, 0.4) is 0 Å². The van der Waals surface area contributed by atoms with Crippen LogP contribution in [0.15, 0.2) is 30.4 Å². The Morgan fingerprint density at radius 1 is 1.17 bits per heavy atom. The predicted molar refractivity (Wildman–Crippen MR) is 79.9 cm³/mol. The van der Waals surface area contributed by atoms with Crippen molar-refractivity contribution in [1.82, 2.24) is 0 Å². The first-order valence-corrected chi connectivity index (χ1v) is 7.41. The van der Waals surface area contributed by atoms with Crippen molar-refractivity contribution in [2.75, 3.05) is 12.0 Å². The molecule has 2 bridgehead atoms. The molecule has 2 amide bonds. The smallest absolute Gasteiger partial charge is 0.273 e. The van der Waals surface area contributed by atoms with Gasteiger partial charge in [-0.25, -0.2) is 4.90 Å². The average Bonchev–Trinajstić information content (AvgIpc) is 3.21. The molecule has 0 aromatic heterocycles. The van der Waals surface area contributed by atoms with Crippen LogP contribution in [-0.2, 0) is 9.59 Å². The zero-order valence-corrected chi connectivity index (χ0v) is 12.3. The number of carbonyl (C=O) groups is 2. The number of imide groups is 1. The lowest BCUT2D eigenvalue weighted by Gasteiger charge is -2.19. The molecule has 23 heavy (non-hydrogen) atoms. The van der Waals surface area contributed by atoms with E-state index in [0.717, 1.165) is 11.3 Å². The molecule has 1 heterocycles. The summed E-state index contributed by atoms with van der Waals surface area (Å²) in [6, 6.07) is 3.92. The maximum atomic E-state index is 12.8. The van der Waals surface area contributed by atoms with Crippen LogP contribution in [0.4, 0.5) is 11.4 Å².